The number of benzene rings is 1. The molecule has 7 nitrogen and oxygen atoms in total. The Balaban J connectivity index is 2.35. The minimum absolute atomic E-state index is 0.535. The highest BCUT2D eigenvalue weighted by Gasteiger charge is 2.04. The van der Waals surface area contributed by atoms with E-state index < -0.39 is 0 Å². The van der Waals surface area contributed by atoms with Gasteiger partial charge in [-0.2, -0.15) is 9.94 Å². The van der Waals surface area contributed by atoms with Crippen LogP contribution in [0.3, 0.4) is 0 Å². The average Bonchev–Trinajstić information content (AvgIpc) is 2.85. The van der Waals surface area contributed by atoms with Gasteiger partial charge in [0, 0.05) is 0 Å². The highest BCUT2D eigenvalue weighted by molar-refractivity contribution is 8.13. The Morgan fingerprint density at radius 1 is 1.53 bits per heavy atom. The molecular weight excluding hydrogens is 262 g/mol. The average molecular weight is 273 g/mol. The van der Waals surface area contributed by atoms with Crippen molar-refractivity contribution >= 4 is 22.6 Å². The van der Waals surface area contributed by atoms with E-state index in [2.05, 4.69) is 25.8 Å². The fourth-order valence-electron chi connectivity index (χ4n) is 1.45. The van der Waals surface area contributed by atoms with Crippen molar-refractivity contribution in [2.75, 3.05) is 6.26 Å². The van der Waals surface area contributed by atoms with Gasteiger partial charge < -0.3 is 0 Å². The Morgan fingerprint density at radius 3 is 3.00 bits per heavy atom. The normalized spacial score (nSPS) is 11.1. The van der Waals surface area contributed by atoms with Gasteiger partial charge in [-0.15, -0.1) is 5.10 Å². The summed E-state index contributed by atoms with van der Waals surface area (Å²) in [6, 6.07) is 7.44. The molecule has 0 fully saturated rings. The molecule has 0 radical (unpaired) electrons. The number of amidine groups is 1. The number of nitrogens with zero attached hydrogens (tertiary/aromatic N) is 6. The van der Waals surface area contributed by atoms with Crippen LogP contribution < -0.4 is 5.32 Å². The molecule has 0 aliphatic carbocycles. The van der Waals surface area contributed by atoms with Crippen molar-refractivity contribution in [1.82, 2.24) is 25.5 Å². The smallest absolute Gasteiger partial charge is 0.183 e. The lowest BCUT2D eigenvalue weighted by molar-refractivity contribution is 0.779. The fraction of sp³-hybridized carbons (Fsp3) is 0.182. The highest BCUT2D eigenvalue weighted by Crippen LogP contribution is 2.18. The van der Waals surface area contributed by atoms with Crippen molar-refractivity contribution in [3.05, 3.63) is 30.1 Å². The van der Waals surface area contributed by atoms with E-state index in [1.165, 1.54) is 11.8 Å². The van der Waals surface area contributed by atoms with Crippen LogP contribution in [0.5, 0.6) is 0 Å². The van der Waals surface area contributed by atoms with Gasteiger partial charge in [0.1, 0.15) is 0 Å². The van der Waals surface area contributed by atoms with E-state index >= 15 is 0 Å². The molecule has 2 rings (SSSR count). The summed E-state index contributed by atoms with van der Waals surface area (Å²) in [5.74, 6) is 0.696. The largest absolute Gasteiger partial charge is 0.271 e. The number of rotatable bonds is 2. The first-order valence-corrected chi connectivity index (χ1v) is 6.60. The minimum Gasteiger partial charge on any atom is -0.271 e. The first kappa shape index (κ1) is 13.0. The molecule has 0 amide bonds. The van der Waals surface area contributed by atoms with Crippen LogP contribution in [0, 0.1) is 18.4 Å². The zero-order valence-corrected chi connectivity index (χ0v) is 11.2. The van der Waals surface area contributed by atoms with Gasteiger partial charge in [-0.3, -0.25) is 5.32 Å². The molecule has 1 heterocycles. The number of nitrogens with one attached hydrogen (secondary N) is 1. The summed E-state index contributed by atoms with van der Waals surface area (Å²) < 4.78 is 1.62. The Kier molecular flexibility index (Phi) is 4.10. The molecule has 19 heavy (non-hydrogen) atoms. The third-order valence-electron chi connectivity index (χ3n) is 2.29. The van der Waals surface area contributed by atoms with E-state index in [4.69, 9.17) is 5.26 Å². The zero-order chi connectivity index (χ0) is 13.7. The number of aryl methyl sites for hydroxylation is 1. The lowest BCUT2D eigenvalue weighted by atomic mass is 10.3. The summed E-state index contributed by atoms with van der Waals surface area (Å²) in [6.45, 7) is 1.82. The Labute approximate surface area is 114 Å². The predicted octanol–water partition coefficient (Wildman–Crippen LogP) is 1.39. The fourth-order valence-corrected chi connectivity index (χ4v) is 1.80. The summed E-state index contributed by atoms with van der Waals surface area (Å²) in [6.07, 6.45) is 3.70. The van der Waals surface area contributed by atoms with E-state index in [1.54, 1.807) is 4.68 Å². The summed E-state index contributed by atoms with van der Waals surface area (Å²) in [4.78, 5) is 4.33. The molecule has 1 N–H and O–H groups in total. The lowest BCUT2D eigenvalue weighted by Crippen LogP contribution is -2.12. The first-order valence-electron chi connectivity index (χ1n) is 5.38. The molecule has 0 atom stereocenters. The molecular formula is C11H11N7S. The van der Waals surface area contributed by atoms with Gasteiger partial charge in [0.05, 0.1) is 11.4 Å². The number of aromatic nitrogens is 4. The second kappa shape index (κ2) is 5.97. The molecule has 0 saturated heterocycles. The monoisotopic (exact) mass is 273 g/mol. The SMILES string of the molecule is CSC(=Nc1cccc(-n2nnnc2C)c1)NC#N. The number of hydrogen-bond donors (Lipinski definition) is 1. The van der Waals surface area contributed by atoms with Gasteiger partial charge in [0.2, 0.25) is 0 Å². The van der Waals surface area contributed by atoms with Gasteiger partial charge in [0.15, 0.2) is 17.2 Å². The third-order valence-corrected chi connectivity index (χ3v) is 2.87. The second-order valence-electron chi connectivity index (χ2n) is 3.52. The highest BCUT2D eigenvalue weighted by atomic mass is 32.2. The molecule has 0 aliphatic heterocycles. The lowest BCUT2D eigenvalue weighted by Gasteiger charge is -2.04. The van der Waals surface area contributed by atoms with E-state index in [9.17, 15) is 0 Å². The molecule has 0 aliphatic rings. The second-order valence-corrected chi connectivity index (χ2v) is 4.31. The number of tetrazole rings is 1. The van der Waals surface area contributed by atoms with Gasteiger partial charge in [-0.1, -0.05) is 17.8 Å². The predicted molar refractivity (Wildman–Crippen MR) is 73.2 cm³/mol. The van der Waals surface area contributed by atoms with Crippen LogP contribution in [0.2, 0.25) is 0 Å². The van der Waals surface area contributed by atoms with Gasteiger partial charge in [0.25, 0.3) is 0 Å². The van der Waals surface area contributed by atoms with Crippen LogP contribution in [-0.2, 0) is 0 Å². The molecule has 1 aromatic carbocycles. The van der Waals surface area contributed by atoms with Gasteiger partial charge >= 0.3 is 0 Å². The molecule has 0 bridgehead atoms. The van der Waals surface area contributed by atoms with Crippen LogP contribution in [0.15, 0.2) is 29.3 Å². The van der Waals surface area contributed by atoms with Crippen LogP contribution >= 0.6 is 11.8 Å². The molecule has 0 unspecified atom stereocenters. The van der Waals surface area contributed by atoms with Crippen molar-refractivity contribution in [1.29, 1.82) is 5.26 Å². The minimum atomic E-state index is 0.535. The molecule has 2 aromatic rings. The maximum absolute atomic E-state index is 8.60. The molecule has 0 saturated carbocycles. The van der Waals surface area contributed by atoms with Crippen LogP contribution in [0.4, 0.5) is 5.69 Å². The summed E-state index contributed by atoms with van der Waals surface area (Å²) >= 11 is 1.37. The molecule has 96 valence electrons. The van der Waals surface area contributed by atoms with Crippen LogP contribution in [-0.4, -0.2) is 31.6 Å². The first-order chi connectivity index (χ1) is 9.24. The van der Waals surface area contributed by atoms with Gasteiger partial charge in [-0.05, 0) is 41.8 Å². The van der Waals surface area contributed by atoms with E-state index in [0.717, 1.165) is 11.4 Å². The summed E-state index contributed by atoms with van der Waals surface area (Å²) in [5.41, 5.74) is 1.54. The summed E-state index contributed by atoms with van der Waals surface area (Å²) in [7, 11) is 0. The Morgan fingerprint density at radius 2 is 2.37 bits per heavy atom. The molecule has 0 spiro atoms. The zero-order valence-electron chi connectivity index (χ0n) is 10.4. The topological polar surface area (TPSA) is 91.8 Å². The van der Waals surface area contributed by atoms with Crippen molar-refractivity contribution in [2.24, 2.45) is 4.99 Å². The molecule has 1 aromatic heterocycles. The maximum atomic E-state index is 8.60. The van der Waals surface area contributed by atoms with E-state index in [0.29, 0.717) is 11.0 Å². The van der Waals surface area contributed by atoms with Crippen LogP contribution in [0.1, 0.15) is 5.82 Å². The Hall–Kier alpha value is -2.40. The number of aliphatic imine (C=N–C) groups is 1. The third kappa shape index (κ3) is 3.08. The van der Waals surface area contributed by atoms with Crippen molar-refractivity contribution in [2.45, 2.75) is 6.92 Å². The van der Waals surface area contributed by atoms with Crippen LogP contribution in [0.25, 0.3) is 5.69 Å². The van der Waals surface area contributed by atoms with E-state index in [-0.39, 0.29) is 0 Å². The maximum Gasteiger partial charge on any atom is 0.183 e. The standard InChI is InChI=1S/C11H11N7S/c1-8-15-16-17-18(8)10-5-3-4-9(6-10)14-11(19-2)13-7-12/h3-6H,1-2H3,(H,13,14). The summed E-state index contributed by atoms with van der Waals surface area (Å²) in [5, 5.41) is 23.0. The van der Waals surface area contributed by atoms with Crippen molar-refractivity contribution in [3.8, 4) is 11.9 Å². The van der Waals surface area contributed by atoms with E-state index in [1.807, 2.05) is 43.6 Å². The van der Waals surface area contributed by atoms with Crippen molar-refractivity contribution < 1.29 is 0 Å². The Bertz CT molecular complexity index is 640. The quantitative estimate of drug-likeness (QED) is 0.385. The molecule has 8 heteroatoms. The number of thioether (sulfide) groups is 1. The number of nitriles is 1. The van der Waals surface area contributed by atoms with Gasteiger partial charge in [-0.25, -0.2) is 4.99 Å². The van der Waals surface area contributed by atoms with Crippen molar-refractivity contribution in [3.63, 3.8) is 0 Å². The number of hydrogen-bond acceptors (Lipinski definition) is 6.